The molecule has 0 radical (unpaired) electrons. The molecule has 2 aliphatic rings. The van der Waals surface area contributed by atoms with Gasteiger partial charge in [-0.25, -0.2) is 0 Å². The quantitative estimate of drug-likeness (QED) is 0.533. The number of hydrogen-bond donors (Lipinski definition) is 1. The molecular weight excluding hydrogens is 316 g/mol. The van der Waals surface area contributed by atoms with Crippen LogP contribution in [0.25, 0.3) is 16.2 Å². The summed E-state index contributed by atoms with van der Waals surface area (Å²) in [6.07, 6.45) is 5.24. The average molecular weight is 342 g/mol. The second-order valence-electron chi connectivity index (χ2n) is 8.30. The molecule has 1 aromatic carbocycles. The highest BCUT2D eigenvalue weighted by atomic mass is 35.5. The minimum atomic E-state index is -0.177. The fourth-order valence-electron chi connectivity index (χ4n) is 5.44. The largest absolute Gasteiger partial charge is 0.661 e. The molecule has 2 aliphatic carbocycles. The van der Waals surface area contributed by atoms with E-state index in [2.05, 4.69) is 56.7 Å². The molecule has 0 bridgehead atoms. The van der Waals surface area contributed by atoms with Gasteiger partial charge in [-0.2, -0.15) is 7.05 Å². The van der Waals surface area contributed by atoms with E-state index in [1.54, 1.807) is 0 Å². The lowest BCUT2D eigenvalue weighted by Gasteiger charge is -2.61. The van der Waals surface area contributed by atoms with Gasteiger partial charge in [0.2, 0.25) is 0 Å². The summed E-state index contributed by atoms with van der Waals surface area (Å²) in [7, 11) is 1.94. The lowest BCUT2D eigenvalue weighted by atomic mass is 9.51. The van der Waals surface area contributed by atoms with E-state index in [-0.39, 0.29) is 22.2 Å². The number of rotatable bonds is 2. The monoisotopic (exact) mass is 341 g/mol. The van der Waals surface area contributed by atoms with Gasteiger partial charge >= 0.3 is 0 Å². The molecule has 128 valence electrons. The third kappa shape index (κ3) is 1.82. The van der Waals surface area contributed by atoms with Crippen molar-refractivity contribution in [2.24, 2.45) is 11.3 Å². The molecule has 1 fully saturated rings. The van der Waals surface area contributed by atoms with Crippen molar-refractivity contribution in [3.63, 3.8) is 0 Å². The van der Waals surface area contributed by atoms with Crippen LogP contribution in [0.2, 0.25) is 0 Å². The summed E-state index contributed by atoms with van der Waals surface area (Å²) in [6.45, 7) is 11.1. The Morgan fingerprint density at radius 3 is 2.75 bits per heavy atom. The molecule has 1 N–H and O–H groups in total. The number of alkyl halides is 1. The van der Waals surface area contributed by atoms with Gasteiger partial charge in [-0.3, -0.25) is 0 Å². The normalized spacial score (nSPS) is 37.2. The Balaban J connectivity index is 2.01. The second-order valence-corrected chi connectivity index (χ2v) is 8.83. The number of benzene rings is 1. The van der Waals surface area contributed by atoms with Gasteiger partial charge in [0.15, 0.2) is 0 Å². The number of hydrogen-bond acceptors (Lipinski definition) is 0. The maximum absolute atomic E-state index is 6.91. The Bertz CT molecular complexity index is 805. The first-order valence-corrected chi connectivity index (χ1v) is 9.27. The zero-order chi connectivity index (χ0) is 17.3. The second kappa shape index (κ2) is 5.12. The van der Waals surface area contributed by atoms with E-state index in [4.69, 9.17) is 16.9 Å². The molecule has 0 amide bonds. The molecule has 5 atom stereocenters. The fourth-order valence-corrected chi connectivity index (χ4v) is 5.85. The number of nitrogens with one attached hydrogen (secondary N) is 1. The van der Waals surface area contributed by atoms with E-state index < -0.39 is 0 Å². The van der Waals surface area contributed by atoms with Gasteiger partial charge in [-0.05, 0) is 46.3 Å². The van der Waals surface area contributed by atoms with E-state index in [0.717, 1.165) is 6.42 Å². The van der Waals surface area contributed by atoms with Crippen LogP contribution in [0.4, 0.5) is 0 Å². The highest BCUT2D eigenvalue weighted by molar-refractivity contribution is 6.21. The Kier molecular flexibility index (Phi) is 3.47. The summed E-state index contributed by atoms with van der Waals surface area (Å²) in [6, 6.07) is 6.79. The van der Waals surface area contributed by atoms with Gasteiger partial charge in [-0.15, -0.1) is 24.2 Å². The van der Waals surface area contributed by atoms with Crippen LogP contribution >= 0.6 is 11.6 Å². The van der Waals surface area contributed by atoms with Crippen LogP contribution in [0.1, 0.15) is 44.2 Å². The number of aromatic amines is 1. The van der Waals surface area contributed by atoms with E-state index in [9.17, 15) is 0 Å². The Hall–Kier alpha value is -1.25. The molecule has 0 unspecified atom stereocenters. The molecule has 0 saturated heterocycles. The number of H-pyrrole nitrogens is 1. The summed E-state index contributed by atoms with van der Waals surface area (Å²) in [5.74, 6) is 0.863. The summed E-state index contributed by atoms with van der Waals surface area (Å²) in [5, 5.41) is 6.30. The zero-order valence-corrected chi connectivity index (χ0v) is 15.7. The SMILES string of the molecule is C=C[C@]1(C)[C@H](Cl)C[C@H]2[C@H](c3c[nH]c4cccc(c34)C2(C)C)[C@H]1[N-]C. The van der Waals surface area contributed by atoms with E-state index in [1.807, 2.05) is 13.1 Å². The summed E-state index contributed by atoms with van der Waals surface area (Å²) < 4.78 is 0. The number of halogens is 1. The molecule has 0 aliphatic heterocycles. The topological polar surface area (TPSA) is 29.9 Å². The minimum absolute atomic E-state index is 0.0592. The van der Waals surface area contributed by atoms with Gasteiger partial charge in [0, 0.05) is 22.5 Å². The predicted octanol–water partition coefficient (Wildman–Crippen LogP) is 5.73. The van der Waals surface area contributed by atoms with Gasteiger partial charge in [-0.1, -0.05) is 39.0 Å². The average Bonchev–Trinajstić information content (AvgIpc) is 2.99. The maximum Gasteiger partial charge on any atom is 0.0459 e. The molecule has 4 rings (SSSR count). The Labute approximate surface area is 149 Å². The standard InChI is InChI=1S/C21H26ClN2/c1-6-21(4)16(22)10-14-18(19(21)23-5)12-11-24-15-9-7-8-13(17(12)15)20(14,2)3/h6-9,11,14,16,18-19,24H,1,10H2,2-5H3/q-1/t14-,16+,18-,19+,21+/m0/s1. The van der Waals surface area contributed by atoms with Crippen molar-refractivity contribution in [2.45, 2.75) is 49.9 Å². The zero-order valence-electron chi connectivity index (χ0n) is 14.9. The number of aromatic nitrogens is 1. The first-order valence-electron chi connectivity index (χ1n) is 8.83. The number of fused-ring (bicyclic) bond motifs is 2. The highest BCUT2D eigenvalue weighted by Gasteiger charge is 2.53. The fraction of sp³-hybridized carbons (Fsp3) is 0.524. The predicted molar refractivity (Wildman–Crippen MR) is 103 cm³/mol. The molecular formula is C21H26ClN2-. The van der Waals surface area contributed by atoms with Crippen LogP contribution in [-0.4, -0.2) is 23.5 Å². The van der Waals surface area contributed by atoms with Crippen LogP contribution in [0.3, 0.4) is 0 Å². The molecule has 1 aromatic heterocycles. The molecule has 1 saturated carbocycles. The lowest BCUT2D eigenvalue weighted by molar-refractivity contribution is 0.120. The van der Waals surface area contributed by atoms with Crippen LogP contribution in [0, 0.1) is 11.3 Å². The Morgan fingerprint density at radius 2 is 2.08 bits per heavy atom. The molecule has 24 heavy (non-hydrogen) atoms. The van der Waals surface area contributed by atoms with Crippen LogP contribution in [0.5, 0.6) is 0 Å². The third-order valence-electron chi connectivity index (χ3n) is 6.98. The smallest absolute Gasteiger partial charge is 0.0459 e. The van der Waals surface area contributed by atoms with Gasteiger partial charge in [0.1, 0.15) is 0 Å². The van der Waals surface area contributed by atoms with Gasteiger partial charge in [0.05, 0.1) is 0 Å². The van der Waals surface area contributed by atoms with Crippen molar-refractivity contribution in [1.82, 2.24) is 4.98 Å². The van der Waals surface area contributed by atoms with Crippen molar-refractivity contribution in [3.8, 4) is 0 Å². The van der Waals surface area contributed by atoms with Crippen molar-refractivity contribution in [2.75, 3.05) is 7.05 Å². The van der Waals surface area contributed by atoms with E-state index in [1.165, 1.54) is 22.0 Å². The van der Waals surface area contributed by atoms with Gasteiger partial charge in [0.25, 0.3) is 0 Å². The molecule has 1 heterocycles. The minimum Gasteiger partial charge on any atom is -0.661 e. The first kappa shape index (κ1) is 16.2. The third-order valence-corrected chi connectivity index (χ3v) is 7.63. The van der Waals surface area contributed by atoms with Gasteiger partial charge < -0.3 is 10.3 Å². The summed E-state index contributed by atoms with van der Waals surface area (Å²) in [4.78, 5) is 3.49. The molecule has 0 spiro atoms. The lowest BCUT2D eigenvalue weighted by Crippen LogP contribution is -2.54. The van der Waals surface area contributed by atoms with E-state index >= 15 is 0 Å². The Morgan fingerprint density at radius 1 is 1.33 bits per heavy atom. The van der Waals surface area contributed by atoms with Crippen molar-refractivity contribution in [3.05, 3.63) is 53.5 Å². The first-order chi connectivity index (χ1) is 11.4. The van der Waals surface area contributed by atoms with E-state index in [0.29, 0.717) is 11.8 Å². The van der Waals surface area contributed by atoms with Crippen molar-refractivity contribution in [1.29, 1.82) is 0 Å². The molecule has 3 heteroatoms. The summed E-state index contributed by atoms with van der Waals surface area (Å²) >= 11 is 6.91. The summed E-state index contributed by atoms with van der Waals surface area (Å²) in [5.41, 5.74) is 3.99. The van der Waals surface area contributed by atoms with Crippen LogP contribution in [-0.2, 0) is 5.41 Å². The maximum atomic E-state index is 6.91. The molecule has 2 nitrogen and oxygen atoms in total. The number of likely N-dealkylation sites (N-methyl/N-ethyl adjacent to an activating group) is 1. The van der Waals surface area contributed by atoms with Crippen LogP contribution in [0.15, 0.2) is 37.1 Å². The number of nitrogens with zero attached hydrogens (tertiary/aromatic N) is 1. The van der Waals surface area contributed by atoms with Crippen molar-refractivity contribution < 1.29 is 0 Å². The van der Waals surface area contributed by atoms with Crippen LogP contribution < -0.4 is 0 Å². The molecule has 2 aromatic rings. The van der Waals surface area contributed by atoms with Crippen molar-refractivity contribution >= 4 is 22.5 Å². The highest BCUT2D eigenvalue weighted by Crippen LogP contribution is 2.61.